The number of H-pyrrole nitrogens is 1. The van der Waals surface area contributed by atoms with Crippen LogP contribution in [0.15, 0.2) is 16.9 Å². The van der Waals surface area contributed by atoms with E-state index in [0.717, 1.165) is 0 Å². The topological polar surface area (TPSA) is 98.4 Å². The molecule has 0 bridgehead atoms. The van der Waals surface area contributed by atoms with E-state index in [4.69, 9.17) is 0 Å². The van der Waals surface area contributed by atoms with Crippen LogP contribution in [0.1, 0.15) is 23.3 Å². The van der Waals surface area contributed by atoms with Crippen LogP contribution in [0.2, 0.25) is 0 Å². The van der Waals surface area contributed by atoms with Crippen molar-refractivity contribution < 1.29 is 9.59 Å². The fraction of sp³-hybridized carbons (Fsp3) is 0.538. The highest BCUT2D eigenvalue weighted by atomic mass is 16.2. The minimum Gasteiger partial charge on any atom is -0.337 e. The second-order valence-corrected chi connectivity index (χ2v) is 5.22. The first-order valence-electron chi connectivity index (χ1n) is 6.80. The first-order valence-corrected chi connectivity index (χ1v) is 6.80. The maximum atomic E-state index is 12.2. The fourth-order valence-electron chi connectivity index (χ4n) is 2.16. The largest absolute Gasteiger partial charge is 0.337 e. The molecule has 2 N–H and O–H groups in total. The summed E-state index contributed by atoms with van der Waals surface area (Å²) >= 11 is 0. The fourth-order valence-corrected chi connectivity index (χ4v) is 2.16. The summed E-state index contributed by atoms with van der Waals surface area (Å²) in [7, 11) is 3.38. The number of nitrogens with one attached hydrogen (secondary N) is 2. The standard InChI is InChI=1S/C13H19N5O3/c1-17(2)13(21)14-9-5-7-18(8-6-9)12(20)10-3-4-11(19)16-15-10/h3-4,9H,5-8H2,1-2H3,(H,14,21)(H,16,19). The van der Waals surface area contributed by atoms with Gasteiger partial charge in [-0.25, -0.2) is 9.89 Å². The lowest BCUT2D eigenvalue weighted by atomic mass is 10.0. The van der Waals surface area contributed by atoms with Gasteiger partial charge in [-0.15, -0.1) is 0 Å². The number of aromatic amines is 1. The Hall–Kier alpha value is -2.38. The minimum atomic E-state index is -0.336. The van der Waals surface area contributed by atoms with Gasteiger partial charge in [0.15, 0.2) is 0 Å². The molecule has 2 heterocycles. The normalized spacial score (nSPS) is 15.6. The minimum absolute atomic E-state index is 0.0764. The van der Waals surface area contributed by atoms with Gasteiger partial charge >= 0.3 is 6.03 Å². The number of aromatic nitrogens is 2. The highest BCUT2D eigenvalue weighted by Crippen LogP contribution is 2.12. The van der Waals surface area contributed by atoms with E-state index < -0.39 is 0 Å². The molecule has 3 amide bonds. The average Bonchev–Trinajstić information content (AvgIpc) is 2.48. The second kappa shape index (κ2) is 6.38. The molecule has 1 fully saturated rings. The Morgan fingerprint density at radius 2 is 2.00 bits per heavy atom. The number of amides is 3. The molecule has 0 radical (unpaired) electrons. The monoisotopic (exact) mass is 293 g/mol. The molecule has 114 valence electrons. The maximum Gasteiger partial charge on any atom is 0.317 e. The number of urea groups is 1. The first kappa shape index (κ1) is 15.0. The Morgan fingerprint density at radius 1 is 1.33 bits per heavy atom. The number of carbonyl (C=O) groups is 2. The first-order chi connectivity index (χ1) is 9.97. The molecular formula is C13H19N5O3. The summed E-state index contributed by atoms with van der Waals surface area (Å²) in [5, 5.41) is 8.90. The molecule has 1 aromatic rings. The third-order valence-corrected chi connectivity index (χ3v) is 3.41. The van der Waals surface area contributed by atoms with Crippen LogP contribution < -0.4 is 10.9 Å². The summed E-state index contributed by atoms with van der Waals surface area (Å²) < 4.78 is 0. The lowest BCUT2D eigenvalue weighted by Crippen LogP contribution is -2.49. The third-order valence-electron chi connectivity index (χ3n) is 3.41. The smallest absolute Gasteiger partial charge is 0.317 e. The molecule has 0 aromatic carbocycles. The van der Waals surface area contributed by atoms with Crippen LogP contribution >= 0.6 is 0 Å². The van der Waals surface area contributed by atoms with Gasteiger partial charge in [0.25, 0.3) is 11.5 Å². The Kier molecular flexibility index (Phi) is 4.56. The molecule has 21 heavy (non-hydrogen) atoms. The zero-order valence-electron chi connectivity index (χ0n) is 12.1. The van der Waals surface area contributed by atoms with E-state index >= 15 is 0 Å². The SMILES string of the molecule is CN(C)C(=O)NC1CCN(C(=O)c2ccc(=O)[nH]n2)CC1. The molecular weight excluding hydrogens is 274 g/mol. The Morgan fingerprint density at radius 3 is 2.52 bits per heavy atom. The molecule has 0 unspecified atom stereocenters. The van der Waals surface area contributed by atoms with Gasteiger partial charge in [-0.1, -0.05) is 0 Å². The highest BCUT2D eigenvalue weighted by molar-refractivity contribution is 5.92. The number of carbonyl (C=O) groups excluding carboxylic acids is 2. The van der Waals surface area contributed by atoms with Gasteiger partial charge in [-0.2, -0.15) is 5.10 Å². The molecule has 0 saturated carbocycles. The number of piperidine rings is 1. The van der Waals surface area contributed by atoms with Crippen LogP contribution in [-0.2, 0) is 0 Å². The zero-order valence-corrected chi connectivity index (χ0v) is 12.1. The van der Waals surface area contributed by atoms with Crippen LogP contribution in [0, 0.1) is 0 Å². The predicted octanol–water partition coefficient (Wildman–Crippen LogP) is -0.354. The number of hydrogen-bond donors (Lipinski definition) is 2. The summed E-state index contributed by atoms with van der Waals surface area (Å²) in [4.78, 5) is 37.9. The van der Waals surface area contributed by atoms with Crippen LogP contribution in [0.3, 0.4) is 0 Å². The molecule has 0 spiro atoms. The Balaban J connectivity index is 1.89. The van der Waals surface area contributed by atoms with Gasteiger partial charge in [-0.05, 0) is 18.9 Å². The summed E-state index contributed by atoms with van der Waals surface area (Å²) in [6.07, 6.45) is 1.41. The number of rotatable bonds is 2. The molecule has 1 aliphatic heterocycles. The van der Waals surface area contributed by atoms with E-state index in [0.29, 0.717) is 25.9 Å². The van der Waals surface area contributed by atoms with Crippen molar-refractivity contribution >= 4 is 11.9 Å². The van der Waals surface area contributed by atoms with E-state index in [2.05, 4.69) is 15.5 Å². The van der Waals surface area contributed by atoms with Crippen LogP contribution in [0.5, 0.6) is 0 Å². The van der Waals surface area contributed by atoms with E-state index in [1.54, 1.807) is 19.0 Å². The van der Waals surface area contributed by atoms with Crippen molar-refractivity contribution in [2.75, 3.05) is 27.2 Å². The van der Waals surface area contributed by atoms with Gasteiger partial charge in [0.05, 0.1) is 0 Å². The maximum absolute atomic E-state index is 12.2. The van der Waals surface area contributed by atoms with E-state index in [1.165, 1.54) is 17.0 Å². The van der Waals surface area contributed by atoms with Crippen molar-refractivity contribution in [2.45, 2.75) is 18.9 Å². The van der Waals surface area contributed by atoms with Crippen molar-refractivity contribution in [2.24, 2.45) is 0 Å². The molecule has 0 atom stereocenters. The summed E-state index contributed by atoms with van der Waals surface area (Å²) in [5.41, 5.74) is -0.109. The van der Waals surface area contributed by atoms with Gasteiger partial charge in [0.1, 0.15) is 5.69 Å². The van der Waals surface area contributed by atoms with Crippen LogP contribution in [-0.4, -0.2) is 65.2 Å². The molecule has 8 nitrogen and oxygen atoms in total. The van der Waals surface area contributed by atoms with Gasteiger partial charge < -0.3 is 15.1 Å². The molecule has 1 aliphatic rings. The van der Waals surface area contributed by atoms with Gasteiger partial charge in [0.2, 0.25) is 0 Å². The third kappa shape index (κ3) is 3.80. The summed E-state index contributed by atoms with van der Waals surface area (Å²) in [6.45, 7) is 1.11. The number of likely N-dealkylation sites (tertiary alicyclic amines) is 1. The van der Waals surface area contributed by atoms with E-state index in [-0.39, 0.29) is 29.2 Å². The summed E-state index contributed by atoms with van der Waals surface area (Å²) in [5.74, 6) is -0.205. The van der Waals surface area contributed by atoms with Crippen molar-refractivity contribution in [3.8, 4) is 0 Å². The van der Waals surface area contributed by atoms with Crippen LogP contribution in [0.4, 0.5) is 4.79 Å². The average molecular weight is 293 g/mol. The van der Waals surface area contributed by atoms with Crippen molar-refractivity contribution in [3.05, 3.63) is 28.2 Å². The lowest BCUT2D eigenvalue weighted by Gasteiger charge is -2.32. The number of nitrogens with zero attached hydrogens (tertiary/aromatic N) is 3. The van der Waals surface area contributed by atoms with E-state index in [9.17, 15) is 14.4 Å². The van der Waals surface area contributed by atoms with Crippen LogP contribution in [0.25, 0.3) is 0 Å². The molecule has 0 aliphatic carbocycles. The lowest BCUT2D eigenvalue weighted by molar-refractivity contribution is 0.0700. The van der Waals surface area contributed by atoms with Gasteiger partial charge in [-0.3, -0.25) is 9.59 Å². The van der Waals surface area contributed by atoms with Crippen molar-refractivity contribution in [1.82, 2.24) is 25.3 Å². The molecule has 8 heteroatoms. The van der Waals surface area contributed by atoms with Crippen molar-refractivity contribution in [3.63, 3.8) is 0 Å². The van der Waals surface area contributed by atoms with E-state index in [1.807, 2.05) is 0 Å². The quantitative estimate of drug-likeness (QED) is 0.778. The highest BCUT2D eigenvalue weighted by Gasteiger charge is 2.25. The number of hydrogen-bond acceptors (Lipinski definition) is 4. The molecule has 2 rings (SSSR count). The predicted molar refractivity (Wildman–Crippen MR) is 76.0 cm³/mol. The zero-order chi connectivity index (χ0) is 15.4. The second-order valence-electron chi connectivity index (χ2n) is 5.22. The molecule has 1 aromatic heterocycles. The van der Waals surface area contributed by atoms with Crippen molar-refractivity contribution in [1.29, 1.82) is 0 Å². The Bertz CT molecular complexity index is 555. The van der Waals surface area contributed by atoms with Gasteiger partial charge in [0, 0.05) is 39.3 Å². The molecule has 1 saturated heterocycles. The Labute approximate surface area is 122 Å². The summed E-state index contributed by atoms with van der Waals surface area (Å²) in [6, 6.07) is 2.65.